The molecule has 0 N–H and O–H groups in total. The number of azide groups is 1. The maximum atomic E-state index is 8.01. The fourth-order valence-electron chi connectivity index (χ4n) is 0.976. The zero-order valence-corrected chi connectivity index (χ0v) is 11.4. The van der Waals surface area contributed by atoms with Gasteiger partial charge in [0.25, 0.3) is 0 Å². The van der Waals surface area contributed by atoms with Crippen LogP contribution in [0.4, 0.5) is 0 Å². The highest BCUT2D eigenvalue weighted by atomic mass is 32.1. The van der Waals surface area contributed by atoms with E-state index in [-0.39, 0.29) is 0 Å². The zero-order chi connectivity index (χ0) is 13.3. The van der Waals surface area contributed by atoms with E-state index < -0.39 is 0 Å². The molecule has 0 bridgehead atoms. The first-order chi connectivity index (χ1) is 8.91. The van der Waals surface area contributed by atoms with E-state index in [1.807, 2.05) is 0 Å². The van der Waals surface area contributed by atoms with Crippen LogP contribution < -0.4 is 0 Å². The third-order valence-corrected chi connectivity index (χ3v) is 1.93. The highest BCUT2D eigenvalue weighted by molar-refractivity contribution is 7.80. The van der Waals surface area contributed by atoms with E-state index >= 15 is 0 Å². The van der Waals surface area contributed by atoms with Gasteiger partial charge in [0.05, 0.1) is 52.9 Å². The molecular weight excluding hydrogens is 258 g/mol. The second-order valence-corrected chi connectivity index (χ2v) is 3.57. The summed E-state index contributed by atoms with van der Waals surface area (Å²) in [6, 6.07) is 0. The van der Waals surface area contributed by atoms with Gasteiger partial charge in [-0.25, -0.2) is 0 Å². The van der Waals surface area contributed by atoms with Crippen molar-refractivity contribution in [1.82, 2.24) is 0 Å². The molecule has 0 rings (SSSR count). The average molecular weight is 279 g/mol. The first-order valence-corrected chi connectivity index (χ1v) is 6.47. The molecule has 0 amide bonds. The molecule has 0 saturated carbocycles. The van der Waals surface area contributed by atoms with E-state index in [0.29, 0.717) is 59.4 Å². The number of hydrogen-bond donors (Lipinski definition) is 1. The Balaban J connectivity index is 2.92. The molecule has 0 unspecified atom stereocenters. The zero-order valence-electron chi connectivity index (χ0n) is 10.5. The van der Waals surface area contributed by atoms with E-state index in [0.717, 1.165) is 5.75 Å². The highest BCUT2D eigenvalue weighted by Crippen LogP contribution is 1.84. The van der Waals surface area contributed by atoms with Gasteiger partial charge in [-0.2, -0.15) is 12.6 Å². The molecule has 0 aromatic rings. The van der Waals surface area contributed by atoms with Crippen molar-refractivity contribution in [3.05, 3.63) is 10.4 Å². The Morgan fingerprint density at radius 1 is 0.778 bits per heavy atom. The molecule has 0 saturated heterocycles. The number of rotatable bonds is 14. The van der Waals surface area contributed by atoms with E-state index in [9.17, 15) is 0 Å². The summed E-state index contributed by atoms with van der Waals surface area (Å²) in [4.78, 5) is 2.61. The van der Waals surface area contributed by atoms with Gasteiger partial charge in [-0.1, -0.05) is 5.11 Å². The van der Waals surface area contributed by atoms with E-state index in [4.69, 9.17) is 24.5 Å². The Labute approximate surface area is 113 Å². The van der Waals surface area contributed by atoms with Crippen LogP contribution in [0.5, 0.6) is 0 Å². The van der Waals surface area contributed by atoms with Gasteiger partial charge < -0.3 is 18.9 Å². The van der Waals surface area contributed by atoms with Gasteiger partial charge >= 0.3 is 0 Å². The first kappa shape index (κ1) is 17.5. The lowest BCUT2D eigenvalue weighted by atomic mass is 10.7. The number of ether oxygens (including phenoxy) is 4. The molecule has 0 fully saturated rings. The second kappa shape index (κ2) is 16.5. The van der Waals surface area contributed by atoms with Crippen LogP contribution in [0.1, 0.15) is 0 Å². The van der Waals surface area contributed by atoms with Crippen LogP contribution >= 0.6 is 12.6 Å². The fourth-order valence-corrected chi connectivity index (χ4v) is 1.11. The molecule has 0 atom stereocenters. The number of hydrogen-bond acceptors (Lipinski definition) is 6. The minimum atomic E-state index is 0.353. The van der Waals surface area contributed by atoms with Crippen LogP contribution in [0.25, 0.3) is 10.4 Å². The third-order valence-electron chi connectivity index (χ3n) is 1.75. The molecule has 0 aliphatic rings. The number of nitrogens with zero attached hydrogens (tertiary/aromatic N) is 3. The van der Waals surface area contributed by atoms with Crippen molar-refractivity contribution in [2.45, 2.75) is 0 Å². The van der Waals surface area contributed by atoms with Gasteiger partial charge in [0.15, 0.2) is 0 Å². The Morgan fingerprint density at radius 2 is 1.22 bits per heavy atom. The van der Waals surface area contributed by atoms with Gasteiger partial charge in [-0.3, -0.25) is 0 Å². The maximum absolute atomic E-state index is 8.01. The van der Waals surface area contributed by atoms with E-state index in [1.54, 1.807) is 0 Å². The largest absolute Gasteiger partial charge is 0.379 e. The van der Waals surface area contributed by atoms with E-state index in [1.165, 1.54) is 0 Å². The fraction of sp³-hybridized carbons (Fsp3) is 1.00. The van der Waals surface area contributed by atoms with Crippen LogP contribution in [0.15, 0.2) is 5.11 Å². The van der Waals surface area contributed by atoms with Crippen molar-refractivity contribution in [2.24, 2.45) is 5.11 Å². The molecule has 0 aromatic carbocycles. The summed E-state index contributed by atoms with van der Waals surface area (Å²) in [6.45, 7) is 4.66. The molecule has 106 valence electrons. The molecule has 0 aromatic heterocycles. The van der Waals surface area contributed by atoms with Crippen LogP contribution in [-0.4, -0.2) is 65.2 Å². The summed E-state index contributed by atoms with van der Waals surface area (Å²) in [5, 5.41) is 3.34. The first-order valence-electron chi connectivity index (χ1n) is 5.84. The van der Waals surface area contributed by atoms with Crippen molar-refractivity contribution < 1.29 is 18.9 Å². The lowest BCUT2D eigenvalue weighted by molar-refractivity contribution is 0.000665. The van der Waals surface area contributed by atoms with Gasteiger partial charge in [-0.15, -0.1) is 0 Å². The molecule has 0 aliphatic heterocycles. The quantitative estimate of drug-likeness (QED) is 0.171. The van der Waals surface area contributed by atoms with Crippen molar-refractivity contribution >= 4 is 12.6 Å². The van der Waals surface area contributed by atoms with Gasteiger partial charge in [-0.05, 0) is 5.53 Å². The maximum Gasteiger partial charge on any atom is 0.0701 e. The summed E-state index contributed by atoms with van der Waals surface area (Å²) in [7, 11) is 0. The highest BCUT2D eigenvalue weighted by Gasteiger charge is 1.91. The van der Waals surface area contributed by atoms with Crippen molar-refractivity contribution in [1.29, 1.82) is 0 Å². The third kappa shape index (κ3) is 15.5. The van der Waals surface area contributed by atoms with Crippen molar-refractivity contribution in [2.75, 3.05) is 65.2 Å². The lowest BCUT2D eigenvalue weighted by Crippen LogP contribution is -2.12. The van der Waals surface area contributed by atoms with Crippen LogP contribution in [0.2, 0.25) is 0 Å². The molecule has 8 heteroatoms. The average Bonchev–Trinajstić information content (AvgIpc) is 2.39. The van der Waals surface area contributed by atoms with Crippen LogP contribution in [0.3, 0.4) is 0 Å². The van der Waals surface area contributed by atoms with Gasteiger partial charge in [0, 0.05) is 17.2 Å². The second-order valence-electron chi connectivity index (χ2n) is 3.13. The van der Waals surface area contributed by atoms with Gasteiger partial charge in [0.1, 0.15) is 0 Å². The molecule has 0 aliphatic carbocycles. The predicted octanol–water partition coefficient (Wildman–Crippen LogP) is 1.29. The van der Waals surface area contributed by atoms with Crippen LogP contribution in [0, 0.1) is 0 Å². The summed E-state index contributed by atoms with van der Waals surface area (Å²) in [5.41, 5.74) is 8.01. The smallest absolute Gasteiger partial charge is 0.0701 e. The minimum Gasteiger partial charge on any atom is -0.379 e. The summed E-state index contributed by atoms with van der Waals surface area (Å²) in [6.07, 6.45) is 0. The molecule has 0 radical (unpaired) electrons. The molecular formula is C10H21N3O4S. The summed E-state index contributed by atoms with van der Waals surface area (Å²) >= 11 is 4.02. The monoisotopic (exact) mass is 279 g/mol. The molecule has 7 nitrogen and oxygen atoms in total. The Kier molecular flexibility index (Phi) is 16.0. The molecule has 18 heavy (non-hydrogen) atoms. The standard InChI is InChI=1S/C10H21N3O4S/c11-13-12-1-2-14-3-4-15-5-6-16-7-8-17-9-10-18/h18H,1-10H2. The molecule has 0 heterocycles. The summed E-state index contributed by atoms with van der Waals surface area (Å²) < 4.78 is 20.9. The Hall–Kier alpha value is -0.500. The number of thiol groups is 1. The topological polar surface area (TPSA) is 85.7 Å². The van der Waals surface area contributed by atoms with E-state index in [2.05, 4.69) is 22.7 Å². The summed E-state index contributed by atoms with van der Waals surface area (Å²) in [5.74, 6) is 0.725. The predicted molar refractivity (Wildman–Crippen MR) is 71.1 cm³/mol. The molecule has 0 spiro atoms. The van der Waals surface area contributed by atoms with Crippen molar-refractivity contribution in [3.8, 4) is 0 Å². The SMILES string of the molecule is [N-]=[N+]=NCCOCCOCCOCCOCCS. The normalized spacial score (nSPS) is 10.3. The Morgan fingerprint density at radius 3 is 1.67 bits per heavy atom. The minimum absolute atomic E-state index is 0.353. The van der Waals surface area contributed by atoms with Gasteiger partial charge in [0.2, 0.25) is 0 Å². The van der Waals surface area contributed by atoms with Crippen molar-refractivity contribution in [3.63, 3.8) is 0 Å². The van der Waals surface area contributed by atoms with Crippen LogP contribution in [-0.2, 0) is 18.9 Å². The Bertz CT molecular complexity index is 215. The lowest BCUT2D eigenvalue weighted by Gasteiger charge is -2.06.